The molecular formula is C18H22ClNO. The van der Waals surface area contributed by atoms with Crippen LogP contribution in [0.1, 0.15) is 30.0 Å². The molecule has 0 heterocycles. The van der Waals surface area contributed by atoms with Crippen LogP contribution in [0.3, 0.4) is 0 Å². The van der Waals surface area contributed by atoms with E-state index >= 15 is 0 Å². The fraction of sp³-hybridized carbons (Fsp3) is 0.333. The zero-order chi connectivity index (χ0) is 15.2. The Balaban J connectivity index is 2.01. The standard InChI is InChI=1S/C18H22ClNO/c1-4-9-21-18-8-6-15(11-16(18)19)12-20-17-7-5-13(2)10-14(17)3/h5-8,10-11,20H,4,9,12H2,1-3H3. The molecule has 112 valence electrons. The summed E-state index contributed by atoms with van der Waals surface area (Å²) in [6.45, 7) is 7.74. The van der Waals surface area contributed by atoms with Gasteiger partial charge in [0.1, 0.15) is 5.75 Å². The number of benzene rings is 2. The molecule has 2 aromatic carbocycles. The first kappa shape index (κ1) is 15.7. The van der Waals surface area contributed by atoms with Crippen LogP contribution in [0, 0.1) is 13.8 Å². The van der Waals surface area contributed by atoms with Crippen LogP contribution in [-0.4, -0.2) is 6.61 Å². The number of hydrogen-bond donors (Lipinski definition) is 1. The fourth-order valence-corrected chi connectivity index (χ4v) is 2.45. The van der Waals surface area contributed by atoms with Gasteiger partial charge in [0, 0.05) is 12.2 Å². The lowest BCUT2D eigenvalue weighted by Gasteiger charge is -2.12. The number of hydrogen-bond acceptors (Lipinski definition) is 2. The second-order valence-corrected chi connectivity index (χ2v) is 5.69. The Labute approximate surface area is 132 Å². The van der Waals surface area contributed by atoms with Crippen molar-refractivity contribution < 1.29 is 4.74 Å². The maximum Gasteiger partial charge on any atom is 0.137 e. The van der Waals surface area contributed by atoms with E-state index in [1.165, 1.54) is 11.1 Å². The van der Waals surface area contributed by atoms with Crippen LogP contribution < -0.4 is 10.1 Å². The molecule has 2 aromatic rings. The summed E-state index contributed by atoms with van der Waals surface area (Å²) < 4.78 is 5.58. The third-order valence-corrected chi connectivity index (χ3v) is 3.62. The fourth-order valence-electron chi connectivity index (χ4n) is 2.19. The van der Waals surface area contributed by atoms with Gasteiger partial charge in [-0.15, -0.1) is 0 Å². The van der Waals surface area contributed by atoms with Crippen molar-refractivity contribution in [1.82, 2.24) is 0 Å². The van der Waals surface area contributed by atoms with Gasteiger partial charge in [-0.1, -0.05) is 42.3 Å². The van der Waals surface area contributed by atoms with Gasteiger partial charge in [0.05, 0.1) is 11.6 Å². The molecule has 0 unspecified atom stereocenters. The van der Waals surface area contributed by atoms with Crippen LogP contribution in [0.4, 0.5) is 5.69 Å². The van der Waals surface area contributed by atoms with Gasteiger partial charge in [-0.2, -0.15) is 0 Å². The molecular weight excluding hydrogens is 282 g/mol. The van der Waals surface area contributed by atoms with Crippen LogP contribution in [0.5, 0.6) is 5.75 Å². The number of nitrogens with one attached hydrogen (secondary N) is 1. The second-order valence-electron chi connectivity index (χ2n) is 5.29. The van der Waals surface area contributed by atoms with Crippen molar-refractivity contribution in [2.45, 2.75) is 33.7 Å². The Kier molecular flexibility index (Phi) is 5.51. The maximum atomic E-state index is 6.25. The minimum atomic E-state index is 0.670. The minimum Gasteiger partial charge on any atom is -0.492 e. The molecule has 0 spiro atoms. The molecule has 0 amide bonds. The highest BCUT2D eigenvalue weighted by Gasteiger charge is 2.04. The lowest BCUT2D eigenvalue weighted by Crippen LogP contribution is -2.02. The topological polar surface area (TPSA) is 21.3 Å². The molecule has 0 saturated carbocycles. The van der Waals surface area contributed by atoms with Crippen LogP contribution >= 0.6 is 11.6 Å². The van der Waals surface area contributed by atoms with E-state index in [1.54, 1.807) is 0 Å². The van der Waals surface area contributed by atoms with Crippen molar-refractivity contribution >= 4 is 17.3 Å². The normalized spacial score (nSPS) is 10.5. The van der Waals surface area contributed by atoms with E-state index in [2.05, 4.69) is 44.3 Å². The van der Waals surface area contributed by atoms with Gasteiger partial charge in [-0.25, -0.2) is 0 Å². The summed E-state index contributed by atoms with van der Waals surface area (Å²) in [7, 11) is 0. The average molecular weight is 304 g/mol. The molecule has 21 heavy (non-hydrogen) atoms. The SMILES string of the molecule is CCCOc1ccc(CNc2ccc(C)cc2C)cc1Cl. The van der Waals surface area contributed by atoms with Gasteiger partial charge >= 0.3 is 0 Å². The van der Waals surface area contributed by atoms with Crippen LogP contribution in [-0.2, 0) is 6.54 Å². The lowest BCUT2D eigenvalue weighted by molar-refractivity contribution is 0.317. The molecule has 0 aliphatic carbocycles. The Bertz CT molecular complexity index is 610. The molecule has 1 N–H and O–H groups in total. The van der Waals surface area contributed by atoms with Gasteiger partial charge in [0.2, 0.25) is 0 Å². The summed E-state index contributed by atoms with van der Waals surface area (Å²) in [5.41, 5.74) is 4.83. The maximum absolute atomic E-state index is 6.25. The monoisotopic (exact) mass is 303 g/mol. The van der Waals surface area contributed by atoms with E-state index in [0.29, 0.717) is 11.6 Å². The average Bonchev–Trinajstić information content (AvgIpc) is 2.45. The number of ether oxygens (including phenoxy) is 1. The third-order valence-electron chi connectivity index (χ3n) is 3.32. The highest BCUT2D eigenvalue weighted by Crippen LogP contribution is 2.26. The van der Waals surface area contributed by atoms with Crippen LogP contribution in [0.25, 0.3) is 0 Å². The first-order valence-corrected chi connectivity index (χ1v) is 7.70. The van der Waals surface area contributed by atoms with E-state index in [9.17, 15) is 0 Å². The first-order valence-electron chi connectivity index (χ1n) is 7.32. The molecule has 2 nitrogen and oxygen atoms in total. The van der Waals surface area contributed by atoms with Crippen molar-refractivity contribution in [3.63, 3.8) is 0 Å². The lowest BCUT2D eigenvalue weighted by atomic mass is 10.1. The van der Waals surface area contributed by atoms with E-state index in [4.69, 9.17) is 16.3 Å². The smallest absolute Gasteiger partial charge is 0.137 e. The van der Waals surface area contributed by atoms with Gasteiger partial charge in [-0.3, -0.25) is 0 Å². The molecule has 0 saturated heterocycles. The third kappa shape index (κ3) is 4.40. The summed E-state index contributed by atoms with van der Waals surface area (Å²) in [4.78, 5) is 0. The van der Waals surface area contributed by atoms with Crippen molar-refractivity contribution in [2.24, 2.45) is 0 Å². The second kappa shape index (κ2) is 7.37. The quantitative estimate of drug-likeness (QED) is 0.776. The summed E-state index contributed by atoms with van der Waals surface area (Å²) in [5.74, 6) is 0.758. The summed E-state index contributed by atoms with van der Waals surface area (Å²) in [6.07, 6.45) is 0.979. The van der Waals surface area contributed by atoms with E-state index < -0.39 is 0 Å². The summed E-state index contributed by atoms with van der Waals surface area (Å²) >= 11 is 6.25. The Morgan fingerprint density at radius 1 is 1.10 bits per heavy atom. The Hall–Kier alpha value is -1.67. The predicted molar refractivity (Wildman–Crippen MR) is 90.5 cm³/mol. The van der Waals surface area contributed by atoms with Crippen molar-refractivity contribution in [1.29, 1.82) is 0 Å². The van der Waals surface area contributed by atoms with Crippen molar-refractivity contribution in [3.05, 3.63) is 58.1 Å². The summed E-state index contributed by atoms with van der Waals surface area (Å²) in [6, 6.07) is 12.4. The highest BCUT2D eigenvalue weighted by molar-refractivity contribution is 6.32. The van der Waals surface area contributed by atoms with Gasteiger partial charge in [-0.05, 0) is 49.6 Å². The predicted octanol–water partition coefficient (Wildman–Crippen LogP) is 5.36. The minimum absolute atomic E-state index is 0.670. The Morgan fingerprint density at radius 3 is 2.57 bits per heavy atom. The molecule has 0 fully saturated rings. The zero-order valence-electron chi connectivity index (χ0n) is 12.9. The molecule has 0 aliphatic rings. The molecule has 3 heteroatoms. The van der Waals surface area contributed by atoms with Crippen molar-refractivity contribution in [2.75, 3.05) is 11.9 Å². The van der Waals surface area contributed by atoms with Crippen molar-refractivity contribution in [3.8, 4) is 5.75 Å². The van der Waals surface area contributed by atoms with Gasteiger partial charge in [0.25, 0.3) is 0 Å². The molecule has 0 radical (unpaired) electrons. The van der Waals surface area contributed by atoms with Crippen LogP contribution in [0.15, 0.2) is 36.4 Å². The van der Waals surface area contributed by atoms with Gasteiger partial charge in [0.15, 0.2) is 0 Å². The summed E-state index contributed by atoms with van der Waals surface area (Å²) in [5, 5.41) is 4.12. The Morgan fingerprint density at radius 2 is 1.90 bits per heavy atom. The molecule has 0 aliphatic heterocycles. The molecule has 0 aromatic heterocycles. The molecule has 2 rings (SSSR count). The molecule has 0 atom stereocenters. The number of anilines is 1. The largest absolute Gasteiger partial charge is 0.492 e. The van der Waals surface area contributed by atoms with E-state index in [0.717, 1.165) is 30.0 Å². The van der Waals surface area contributed by atoms with E-state index in [-0.39, 0.29) is 0 Å². The number of rotatable bonds is 6. The number of aryl methyl sites for hydroxylation is 2. The molecule has 0 bridgehead atoms. The van der Waals surface area contributed by atoms with Crippen LogP contribution in [0.2, 0.25) is 5.02 Å². The number of halogens is 1. The zero-order valence-corrected chi connectivity index (χ0v) is 13.6. The van der Waals surface area contributed by atoms with E-state index in [1.807, 2.05) is 18.2 Å². The highest BCUT2D eigenvalue weighted by atomic mass is 35.5. The van der Waals surface area contributed by atoms with Gasteiger partial charge < -0.3 is 10.1 Å². The first-order chi connectivity index (χ1) is 10.1.